The van der Waals surface area contributed by atoms with Gasteiger partial charge in [-0.2, -0.15) is 0 Å². The molecule has 0 unspecified atom stereocenters. The third-order valence-electron chi connectivity index (χ3n) is 4.84. The Kier molecular flexibility index (Phi) is 13.3. The lowest BCUT2D eigenvalue weighted by atomic mass is 9.92. The van der Waals surface area contributed by atoms with Crippen LogP contribution in [-0.2, 0) is 6.54 Å². The Labute approximate surface area is 168 Å². The maximum absolute atomic E-state index is 5.73. The van der Waals surface area contributed by atoms with Gasteiger partial charge < -0.3 is 15.0 Å². The van der Waals surface area contributed by atoms with Crippen molar-refractivity contribution < 1.29 is 4.74 Å². The van der Waals surface area contributed by atoms with Gasteiger partial charge in [-0.3, -0.25) is 0 Å². The van der Waals surface area contributed by atoms with Crippen LogP contribution >= 0.6 is 0 Å². The van der Waals surface area contributed by atoms with Crippen molar-refractivity contribution in [3.05, 3.63) is 29.8 Å². The van der Waals surface area contributed by atoms with E-state index in [1.54, 1.807) is 0 Å². The molecule has 2 rings (SSSR count). The first kappa shape index (κ1) is 24.0. The smallest absolute Gasteiger partial charge is 0.119 e. The molecule has 27 heavy (non-hydrogen) atoms. The molecule has 0 aromatic heterocycles. The molecule has 1 aromatic rings. The van der Waals surface area contributed by atoms with Crippen molar-refractivity contribution >= 4 is 0 Å². The summed E-state index contributed by atoms with van der Waals surface area (Å²) in [7, 11) is 0. The number of piperidine rings is 1. The Hall–Kier alpha value is -1.06. The highest BCUT2D eigenvalue weighted by molar-refractivity contribution is 5.27. The summed E-state index contributed by atoms with van der Waals surface area (Å²) in [5, 5.41) is 3.57. The minimum absolute atomic E-state index is 0.568. The number of rotatable bonds is 10. The van der Waals surface area contributed by atoms with Crippen LogP contribution in [0.1, 0.15) is 72.3 Å². The van der Waals surface area contributed by atoms with E-state index in [-0.39, 0.29) is 0 Å². The lowest BCUT2D eigenvalue weighted by Crippen LogP contribution is -2.38. The molecule has 1 fully saturated rings. The molecule has 3 heteroatoms. The van der Waals surface area contributed by atoms with Crippen molar-refractivity contribution in [1.82, 2.24) is 10.2 Å². The van der Waals surface area contributed by atoms with E-state index in [4.69, 9.17) is 4.74 Å². The number of nitrogens with zero attached hydrogens (tertiary/aromatic N) is 1. The Morgan fingerprint density at radius 2 is 1.70 bits per heavy atom. The van der Waals surface area contributed by atoms with E-state index in [0.29, 0.717) is 5.92 Å². The predicted molar refractivity (Wildman–Crippen MR) is 119 cm³/mol. The Morgan fingerprint density at radius 3 is 2.26 bits per heavy atom. The highest BCUT2D eigenvalue weighted by atomic mass is 16.5. The van der Waals surface area contributed by atoms with Crippen molar-refractivity contribution in [1.29, 1.82) is 0 Å². The van der Waals surface area contributed by atoms with Gasteiger partial charge in [0.15, 0.2) is 0 Å². The largest absolute Gasteiger partial charge is 0.493 e. The fraction of sp³-hybridized carbons (Fsp3) is 0.750. The lowest BCUT2D eigenvalue weighted by Gasteiger charge is -2.31. The minimum Gasteiger partial charge on any atom is -0.493 e. The second-order valence-corrected chi connectivity index (χ2v) is 8.31. The minimum atomic E-state index is 0.568. The van der Waals surface area contributed by atoms with E-state index in [0.717, 1.165) is 31.4 Å². The molecular formula is C24H44N2O. The van der Waals surface area contributed by atoms with E-state index in [9.17, 15) is 0 Å². The summed E-state index contributed by atoms with van der Waals surface area (Å²) in [6, 6.07) is 8.49. The number of benzene rings is 1. The molecule has 0 spiro atoms. The zero-order valence-corrected chi connectivity index (χ0v) is 18.6. The summed E-state index contributed by atoms with van der Waals surface area (Å²) in [4.78, 5) is 2.61. The number of hydrogen-bond donors (Lipinski definition) is 1. The topological polar surface area (TPSA) is 24.5 Å². The van der Waals surface area contributed by atoms with Crippen LogP contribution in [0.5, 0.6) is 5.75 Å². The van der Waals surface area contributed by atoms with Crippen LogP contribution in [-0.4, -0.2) is 37.7 Å². The van der Waals surface area contributed by atoms with E-state index >= 15 is 0 Å². The fourth-order valence-electron chi connectivity index (χ4n) is 3.34. The van der Waals surface area contributed by atoms with E-state index in [1.165, 1.54) is 57.3 Å². The molecule has 1 saturated heterocycles. The summed E-state index contributed by atoms with van der Waals surface area (Å²) in [5.74, 6) is 2.52. The van der Waals surface area contributed by atoms with Crippen molar-refractivity contribution in [3.63, 3.8) is 0 Å². The van der Waals surface area contributed by atoms with Gasteiger partial charge in [0.05, 0.1) is 6.61 Å². The van der Waals surface area contributed by atoms with Gasteiger partial charge in [-0.05, 0) is 55.5 Å². The quantitative estimate of drug-likeness (QED) is 0.527. The van der Waals surface area contributed by atoms with Gasteiger partial charge in [-0.25, -0.2) is 0 Å². The van der Waals surface area contributed by atoms with Crippen LogP contribution in [0.4, 0.5) is 0 Å². The molecule has 3 nitrogen and oxygen atoms in total. The summed E-state index contributed by atoms with van der Waals surface area (Å²) >= 11 is 0. The third-order valence-corrected chi connectivity index (χ3v) is 4.84. The maximum Gasteiger partial charge on any atom is 0.119 e. The Balaban J connectivity index is 0.00000114. The first-order valence-electron chi connectivity index (χ1n) is 11.2. The molecule has 0 aliphatic carbocycles. The lowest BCUT2D eigenvalue weighted by molar-refractivity contribution is 0.179. The normalized spacial score (nSPS) is 15.5. The van der Waals surface area contributed by atoms with Crippen molar-refractivity contribution in [2.45, 2.75) is 73.3 Å². The second kappa shape index (κ2) is 14.9. The molecule has 1 heterocycles. The summed E-state index contributed by atoms with van der Waals surface area (Å²) < 4.78 is 5.73. The molecule has 1 aliphatic heterocycles. The zero-order valence-electron chi connectivity index (χ0n) is 18.6. The third kappa shape index (κ3) is 11.4. The van der Waals surface area contributed by atoms with Crippen LogP contribution in [0, 0.1) is 11.8 Å². The molecule has 0 radical (unpaired) electrons. The van der Waals surface area contributed by atoms with E-state index < -0.39 is 0 Å². The average molecular weight is 377 g/mol. The van der Waals surface area contributed by atoms with Crippen molar-refractivity contribution in [3.8, 4) is 5.75 Å². The number of hydrogen-bond acceptors (Lipinski definition) is 3. The molecule has 1 aliphatic rings. The van der Waals surface area contributed by atoms with Crippen LogP contribution in [0.25, 0.3) is 0 Å². The molecule has 1 N–H and O–H groups in total. The van der Waals surface area contributed by atoms with E-state index in [1.807, 2.05) is 0 Å². The first-order chi connectivity index (χ1) is 13.1. The Bertz CT molecular complexity index is 450. The van der Waals surface area contributed by atoms with Gasteiger partial charge in [-0.1, -0.05) is 66.0 Å². The summed E-state index contributed by atoms with van der Waals surface area (Å²) in [6.07, 6.45) is 6.80. The van der Waals surface area contributed by atoms with Gasteiger partial charge in [0.2, 0.25) is 0 Å². The molecule has 0 saturated carbocycles. The number of ether oxygens (including phenoxy) is 1. The fourth-order valence-corrected chi connectivity index (χ4v) is 3.34. The molecular weight excluding hydrogens is 332 g/mol. The first-order valence-corrected chi connectivity index (χ1v) is 11.2. The standard InChI is InChI=1S/C21H36N2O.C3H8/c1-4-5-19-10-13-23(14-11-19)15-12-22-16-20-6-8-21(9-7-20)24-17-18(2)3;1-3-2/h6-9,18-19,22H,4-5,10-17H2,1-3H3;3H2,1-2H3. The van der Waals surface area contributed by atoms with Gasteiger partial charge in [-0.15, -0.1) is 0 Å². The molecule has 0 amide bonds. The highest BCUT2D eigenvalue weighted by Gasteiger charge is 2.17. The summed E-state index contributed by atoms with van der Waals surface area (Å²) in [5.41, 5.74) is 1.33. The molecule has 156 valence electrons. The van der Waals surface area contributed by atoms with Gasteiger partial charge in [0.25, 0.3) is 0 Å². The van der Waals surface area contributed by atoms with Crippen molar-refractivity contribution in [2.24, 2.45) is 11.8 Å². The number of nitrogens with one attached hydrogen (secondary N) is 1. The molecule has 0 atom stereocenters. The van der Waals surface area contributed by atoms with Gasteiger partial charge in [0.1, 0.15) is 5.75 Å². The summed E-state index contributed by atoms with van der Waals surface area (Å²) in [6.45, 7) is 17.4. The second-order valence-electron chi connectivity index (χ2n) is 8.31. The highest BCUT2D eigenvalue weighted by Crippen LogP contribution is 2.21. The average Bonchev–Trinajstić information content (AvgIpc) is 2.66. The van der Waals surface area contributed by atoms with Crippen LogP contribution in [0.3, 0.4) is 0 Å². The van der Waals surface area contributed by atoms with Crippen LogP contribution in [0.15, 0.2) is 24.3 Å². The van der Waals surface area contributed by atoms with Gasteiger partial charge >= 0.3 is 0 Å². The van der Waals surface area contributed by atoms with Crippen molar-refractivity contribution in [2.75, 3.05) is 32.8 Å². The number of likely N-dealkylation sites (tertiary alicyclic amines) is 1. The SMILES string of the molecule is CCC.CCCC1CCN(CCNCc2ccc(OCC(C)C)cc2)CC1. The van der Waals surface area contributed by atoms with Crippen LogP contribution in [0.2, 0.25) is 0 Å². The van der Waals surface area contributed by atoms with Gasteiger partial charge in [0, 0.05) is 19.6 Å². The zero-order chi connectivity index (χ0) is 19.9. The molecule has 1 aromatic carbocycles. The maximum atomic E-state index is 5.73. The predicted octanol–water partition coefficient (Wildman–Crippen LogP) is 5.74. The molecule has 0 bridgehead atoms. The Morgan fingerprint density at radius 1 is 1.07 bits per heavy atom. The van der Waals surface area contributed by atoms with Crippen LogP contribution < -0.4 is 10.1 Å². The van der Waals surface area contributed by atoms with E-state index in [2.05, 4.69) is 69.1 Å². The monoisotopic (exact) mass is 376 g/mol.